The molecule has 0 saturated carbocycles. The second-order valence-electron chi connectivity index (χ2n) is 3.15. The molecule has 3 heteroatoms. The lowest BCUT2D eigenvalue weighted by atomic mass is 10.1. The summed E-state index contributed by atoms with van der Waals surface area (Å²) >= 11 is 0. The first-order chi connectivity index (χ1) is 6.33. The van der Waals surface area contributed by atoms with Crippen molar-refractivity contribution in [2.24, 2.45) is 4.99 Å². The quantitative estimate of drug-likeness (QED) is 0.479. The number of hydrogen-bond donors (Lipinski definition) is 0. The van der Waals surface area contributed by atoms with Crippen LogP contribution in [0.5, 0.6) is 0 Å². The van der Waals surface area contributed by atoms with E-state index in [1.165, 1.54) is 5.69 Å². The fraction of sp³-hybridized carbons (Fsp3) is 0.300. The minimum atomic E-state index is 0.761. The third kappa shape index (κ3) is 1.23. The Labute approximate surface area is 76.7 Å². The molecular weight excluding hydrogens is 164 g/mol. The van der Waals surface area contributed by atoms with E-state index in [2.05, 4.69) is 9.89 Å². The van der Waals surface area contributed by atoms with E-state index >= 15 is 0 Å². The maximum atomic E-state index is 10.2. The molecule has 0 aliphatic carbocycles. The van der Waals surface area contributed by atoms with Gasteiger partial charge in [0.25, 0.3) is 0 Å². The van der Waals surface area contributed by atoms with Crippen molar-refractivity contribution in [1.82, 2.24) is 0 Å². The van der Waals surface area contributed by atoms with Crippen LogP contribution in [0.1, 0.15) is 5.56 Å². The topological polar surface area (TPSA) is 32.7 Å². The fourth-order valence-corrected chi connectivity index (χ4v) is 1.73. The van der Waals surface area contributed by atoms with E-state index in [-0.39, 0.29) is 0 Å². The summed E-state index contributed by atoms with van der Waals surface area (Å²) in [6, 6.07) is 5.81. The molecule has 3 nitrogen and oxygen atoms in total. The highest BCUT2D eigenvalue weighted by Gasteiger charge is 2.17. The minimum absolute atomic E-state index is 0.761. The molecule has 2 rings (SSSR count). The summed E-state index contributed by atoms with van der Waals surface area (Å²) in [5.74, 6) is 0. The molecule has 1 aliphatic heterocycles. The lowest BCUT2D eigenvalue weighted by Gasteiger charge is -2.11. The molecule has 0 unspecified atom stereocenters. The number of fused-ring (bicyclic) bond motifs is 1. The highest BCUT2D eigenvalue weighted by atomic mass is 16.1. The van der Waals surface area contributed by atoms with Crippen LogP contribution in [0.25, 0.3) is 0 Å². The zero-order valence-electron chi connectivity index (χ0n) is 7.45. The SMILES string of the molecule is CN1CCc2c(N=C=O)cccc21. The van der Waals surface area contributed by atoms with Crippen molar-refractivity contribution in [3.63, 3.8) is 0 Å². The van der Waals surface area contributed by atoms with Crippen LogP contribution in [0.3, 0.4) is 0 Å². The smallest absolute Gasteiger partial charge is 0.240 e. The number of isocyanates is 1. The van der Waals surface area contributed by atoms with Crippen molar-refractivity contribution < 1.29 is 4.79 Å². The third-order valence-corrected chi connectivity index (χ3v) is 2.40. The van der Waals surface area contributed by atoms with E-state index in [9.17, 15) is 4.79 Å². The standard InChI is InChI=1S/C10H10N2O/c1-12-6-5-8-9(11-7-13)3-2-4-10(8)12/h2-4H,5-6H2,1H3. The van der Waals surface area contributed by atoms with Crippen molar-refractivity contribution in [2.75, 3.05) is 18.5 Å². The van der Waals surface area contributed by atoms with Crippen LogP contribution in [0.2, 0.25) is 0 Å². The van der Waals surface area contributed by atoms with Gasteiger partial charge in [0.05, 0.1) is 5.69 Å². The average molecular weight is 174 g/mol. The number of benzene rings is 1. The van der Waals surface area contributed by atoms with Crippen LogP contribution < -0.4 is 4.90 Å². The van der Waals surface area contributed by atoms with Crippen molar-refractivity contribution in [1.29, 1.82) is 0 Å². The van der Waals surface area contributed by atoms with Gasteiger partial charge in [-0.2, -0.15) is 4.99 Å². The first kappa shape index (κ1) is 8.02. The number of hydrogen-bond acceptors (Lipinski definition) is 3. The van der Waals surface area contributed by atoms with Crippen LogP contribution in [0, 0.1) is 0 Å². The van der Waals surface area contributed by atoms with Crippen molar-refractivity contribution in [3.05, 3.63) is 23.8 Å². The Morgan fingerprint density at radius 2 is 2.38 bits per heavy atom. The molecule has 13 heavy (non-hydrogen) atoms. The molecule has 1 aromatic carbocycles. The summed E-state index contributed by atoms with van der Waals surface area (Å²) in [5, 5.41) is 0. The number of likely N-dealkylation sites (N-methyl/N-ethyl adjacent to an activating group) is 1. The summed E-state index contributed by atoms with van der Waals surface area (Å²) in [4.78, 5) is 16.0. The van der Waals surface area contributed by atoms with Gasteiger partial charge < -0.3 is 4.90 Å². The molecular formula is C10H10N2O. The first-order valence-electron chi connectivity index (χ1n) is 4.24. The molecule has 0 aromatic heterocycles. The van der Waals surface area contributed by atoms with Gasteiger partial charge in [-0.1, -0.05) is 6.07 Å². The highest BCUT2D eigenvalue weighted by molar-refractivity contribution is 5.69. The van der Waals surface area contributed by atoms with E-state index in [0.29, 0.717) is 0 Å². The van der Waals surface area contributed by atoms with Gasteiger partial charge in [0.1, 0.15) is 0 Å². The molecule has 0 bridgehead atoms. The van der Waals surface area contributed by atoms with Crippen LogP contribution in [-0.2, 0) is 11.2 Å². The first-order valence-corrected chi connectivity index (χ1v) is 4.24. The largest absolute Gasteiger partial charge is 0.374 e. The fourth-order valence-electron chi connectivity index (χ4n) is 1.73. The summed E-state index contributed by atoms with van der Waals surface area (Å²) in [6.45, 7) is 1.00. The monoisotopic (exact) mass is 174 g/mol. The number of anilines is 1. The molecule has 0 radical (unpaired) electrons. The van der Waals surface area contributed by atoms with Gasteiger partial charge in [0, 0.05) is 24.8 Å². The lowest BCUT2D eigenvalue weighted by molar-refractivity contribution is 0.565. The molecule has 0 atom stereocenters. The van der Waals surface area contributed by atoms with E-state index < -0.39 is 0 Å². The highest BCUT2D eigenvalue weighted by Crippen LogP contribution is 2.33. The molecule has 0 saturated heterocycles. The van der Waals surface area contributed by atoms with Crippen molar-refractivity contribution >= 4 is 17.5 Å². The van der Waals surface area contributed by atoms with E-state index in [0.717, 1.165) is 24.2 Å². The molecule has 1 aromatic rings. The Kier molecular flexibility index (Phi) is 1.87. The van der Waals surface area contributed by atoms with Crippen LogP contribution in [0.15, 0.2) is 23.2 Å². The maximum Gasteiger partial charge on any atom is 0.240 e. The molecule has 0 fully saturated rings. The van der Waals surface area contributed by atoms with Crippen molar-refractivity contribution in [3.8, 4) is 0 Å². The zero-order chi connectivity index (χ0) is 9.26. The van der Waals surface area contributed by atoms with Crippen molar-refractivity contribution in [2.45, 2.75) is 6.42 Å². The minimum Gasteiger partial charge on any atom is -0.374 e. The molecule has 66 valence electrons. The molecule has 0 amide bonds. The van der Waals surface area contributed by atoms with Gasteiger partial charge in [-0.15, -0.1) is 0 Å². The molecule has 0 N–H and O–H groups in total. The maximum absolute atomic E-state index is 10.2. The van der Waals surface area contributed by atoms with E-state index in [1.54, 1.807) is 6.08 Å². The zero-order valence-corrected chi connectivity index (χ0v) is 7.45. The Morgan fingerprint density at radius 1 is 1.54 bits per heavy atom. The van der Waals surface area contributed by atoms with E-state index in [1.807, 2.05) is 25.2 Å². The van der Waals surface area contributed by atoms with Crippen LogP contribution in [0.4, 0.5) is 11.4 Å². The summed E-state index contributed by atoms with van der Waals surface area (Å²) in [5.41, 5.74) is 3.10. The number of carbonyl (C=O) groups excluding carboxylic acids is 1. The predicted molar refractivity (Wildman–Crippen MR) is 51.2 cm³/mol. The number of nitrogens with zero attached hydrogens (tertiary/aromatic N) is 2. The second kappa shape index (κ2) is 3.04. The van der Waals surface area contributed by atoms with Gasteiger partial charge in [0.2, 0.25) is 6.08 Å². The Morgan fingerprint density at radius 3 is 3.15 bits per heavy atom. The van der Waals surface area contributed by atoms with Gasteiger partial charge in [-0.3, -0.25) is 0 Å². The second-order valence-corrected chi connectivity index (χ2v) is 3.15. The van der Waals surface area contributed by atoms with Gasteiger partial charge in [-0.25, -0.2) is 4.79 Å². The number of rotatable bonds is 1. The van der Waals surface area contributed by atoms with Crippen LogP contribution >= 0.6 is 0 Å². The number of aliphatic imine (C=N–C) groups is 1. The Hall–Kier alpha value is -1.60. The van der Waals surface area contributed by atoms with Crippen LogP contribution in [-0.4, -0.2) is 19.7 Å². The Bertz CT molecular complexity index is 381. The average Bonchev–Trinajstić information content (AvgIpc) is 2.50. The Balaban J connectivity index is 2.56. The van der Waals surface area contributed by atoms with Gasteiger partial charge in [0.15, 0.2) is 0 Å². The summed E-state index contributed by atoms with van der Waals surface area (Å²) in [6.07, 6.45) is 2.55. The third-order valence-electron chi connectivity index (χ3n) is 2.40. The molecule has 1 aliphatic rings. The van der Waals surface area contributed by atoms with Gasteiger partial charge >= 0.3 is 0 Å². The lowest BCUT2D eigenvalue weighted by Crippen LogP contribution is -2.12. The van der Waals surface area contributed by atoms with E-state index in [4.69, 9.17) is 0 Å². The van der Waals surface area contributed by atoms with Gasteiger partial charge in [-0.05, 0) is 18.6 Å². The molecule has 1 heterocycles. The summed E-state index contributed by atoms with van der Waals surface area (Å²) < 4.78 is 0. The normalized spacial score (nSPS) is 13.8. The molecule has 0 spiro atoms. The predicted octanol–water partition coefficient (Wildman–Crippen LogP) is 1.65. The summed E-state index contributed by atoms with van der Waals surface area (Å²) in [7, 11) is 2.04.